The van der Waals surface area contributed by atoms with E-state index in [4.69, 9.17) is 4.74 Å². The number of likely N-dealkylation sites (N-methyl/N-ethyl adjacent to an activating group) is 1. The summed E-state index contributed by atoms with van der Waals surface area (Å²) in [6.07, 6.45) is 9.73. The molecule has 32 heavy (non-hydrogen) atoms. The van der Waals surface area contributed by atoms with Crippen LogP contribution in [0.4, 0.5) is 0 Å². The number of likely N-dealkylation sites (tertiary alicyclic amines) is 1. The van der Waals surface area contributed by atoms with Gasteiger partial charge in [0.2, 0.25) is 0 Å². The largest absolute Gasteiger partial charge is 0.492 e. The number of amides is 1. The summed E-state index contributed by atoms with van der Waals surface area (Å²) < 4.78 is 5.75. The van der Waals surface area contributed by atoms with Crippen molar-refractivity contribution in [3.05, 3.63) is 58.9 Å². The quantitative estimate of drug-likeness (QED) is 0.637. The van der Waals surface area contributed by atoms with Crippen molar-refractivity contribution in [1.82, 2.24) is 14.8 Å². The molecule has 1 aromatic carbocycles. The van der Waals surface area contributed by atoms with E-state index in [0.717, 1.165) is 38.2 Å². The number of hydrogen-bond acceptors (Lipinski definition) is 4. The number of aromatic nitrogens is 1. The van der Waals surface area contributed by atoms with E-state index in [0.29, 0.717) is 17.7 Å². The van der Waals surface area contributed by atoms with Crippen LogP contribution in [-0.4, -0.2) is 53.5 Å². The van der Waals surface area contributed by atoms with Gasteiger partial charge in [0.25, 0.3) is 5.91 Å². The van der Waals surface area contributed by atoms with Crippen LogP contribution < -0.4 is 4.74 Å². The summed E-state index contributed by atoms with van der Waals surface area (Å²) in [6.45, 7) is 5.36. The number of aryl methyl sites for hydroxylation is 1. The molecule has 2 atom stereocenters. The third kappa shape index (κ3) is 4.54. The summed E-state index contributed by atoms with van der Waals surface area (Å²) >= 11 is 0. The minimum atomic E-state index is -0.00615. The average molecular weight is 434 g/mol. The molecule has 1 amide bonds. The molecule has 1 aliphatic heterocycles. The Kier molecular flexibility index (Phi) is 6.18. The molecule has 170 valence electrons. The maximum absolute atomic E-state index is 13.1. The second kappa shape index (κ2) is 9.22. The molecule has 1 saturated heterocycles. The first-order chi connectivity index (χ1) is 15.6. The zero-order chi connectivity index (χ0) is 22.1. The van der Waals surface area contributed by atoms with E-state index in [9.17, 15) is 4.79 Å². The van der Waals surface area contributed by atoms with Gasteiger partial charge in [-0.15, -0.1) is 0 Å². The van der Waals surface area contributed by atoms with Crippen LogP contribution in [0.3, 0.4) is 0 Å². The van der Waals surface area contributed by atoms with Gasteiger partial charge in [0.05, 0.1) is 12.8 Å². The van der Waals surface area contributed by atoms with E-state index in [-0.39, 0.29) is 11.9 Å². The van der Waals surface area contributed by atoms with E-state index in [1.807, 2.05) is 18.0 Å². The predicted molar refractivity (Wildman–Crippen MR) is 126 cm³/mol. The molecule has 5 nitrogen and oxygen atoms in total. The normalized spacial score (nSPS) is 23.1. The number of rotatable bonds is 7. The topological polar surface area (TPSA) is 45.7 Å². The van der Waals surface area contributed by atoms with Gasteiger partial charge in [-0.2, -0.15) is 0 Å². The molecule has 2 heterocycles. The van der Waals surface area contributed by atoms with Crippen LogP contribution in [0.1, 0.15) is 72.2 Å². The number of carbonyl (C=O) groups excluding carboxylic acids is 1. The molecule has 2 aromatic rings. The van der Waals surface area contributed by atoms with Gasteiger partial charge in [0.15, 0.2) is 0 Å². The Morgan fingerprint density at radius 3 is 2.78 bits per heavy atom. The molecule has 5 rings (SSSR count). The van der Waals surface area contributed by atoms with Crippen molar-refractivity contribution in [3.63, 3.8) is 0 Å². The fourth-order valence-corrected chi connectivity index (χ4v) is 5.31. The van der Waals surface area contributed by atoms with E-state index < -0.39 is 0 Å². The van der Waals surface area contributed by atoms with Gasteiger partial charge in [-0.25, -0.2) is 4.98 Å². The number of fused-ring (bicyclic) bond motifs is 1. The molecule has 1 saturated carbocycles. The van der Waals surface area contributed by atoms with Crippen LogP contribution in [0.2, 0.25) is 0 Å². The Morgan fingerprint density at radius 2 is 2.03 bits per heavy atom. The van der Waals surface area contributed by atoms with E-state index in [1.54, 1.807) is 12.3 Å². The molecule has 1 aromatic heterocycles. The number of hydrogen-bond donors (Lipinski definition) is 0. The fraction of sp³-hybridized carbons (Fsp3) is 0.556. The Labute approximate surface area is 191 Å². The van der Waals surface area contributed by atoms with Gasteiger partial charge in [0, 0.05) is 19.1 Å². The van der Waals surface area contributed by atoms with Gasteiger partial charge in [0.1, 0.15) is 11.4 Å². The van der Waals surface area contributed by atoms with Crippen LogP contribution in [0.25, 0.3) is 0 Å². The van der Waals surface area contributed by atoms with Crippen LogP contribution in [0, 0.1) is 5.92 Å². The van der Waals surface area contributed by atoms with Crippen LogP contribution in [0.15, 0.2) is 36.5 Å². The maximum Gasteiger partial charge on any atom is 0.272 e. The minimum absolute atomic E-state index is 0.00615. The van der Waals surface area contributed by atoms with E-state index in [2.05, 4.69) is 35.0 Å². The molecule has 5 heteroatoms. The van der Waals surface area contributed by atoms with Gasteiger partial charge < -0.3 is 9.64 Å². The Hall–Kier alpha value is -2.40. The van der Waals surface area contributed by atoms with Crippen molar-refractivity contribution in [3.8, 4) is 5.75 Å². The lowest BCUT2D eigenvalue weighted by molar-refractivity contribution is 0.0713. The lowest BCUT2D eigenvalue weighted by atomic mass is 9.85. The molecule has 0 spiro atoms. The molecular weight excluding hydrogens is 398 g/mol. The molecule has 2 aliphatic carbocycles. The number of ether oxygens (including phenoxy) is 1. The molecule has 0 radical (unpaired) electrons. The van der Waals surface area contributed by atoms with Crippen molar-refractivity contribution in [1.29, 1.82) is 0 Å². The summed E-state index contributed by atoms with van der Waals surface area (Å²) in [5.74, 6) is 1.45. The van der Waals surface area contributed by atoms with Gasteiger partial charge >= 0.3 is 0 Å². The SMILES string of the molecule is CCN1CCCC1c1ccc2c(c1)CCC(N(C)C(=O)c1ccc(OCC3CC3)cn1)C2. The molecule has 2 unspecified atom stereocenters. The third-order valence-corrected chi connectivity index (χ3v) is 7.59. The number of carbonyl (C=O) groups is 1. The maximum atomic E-state index is 13.1. The highest BCUT2D eigenvalue weighted by molar-refractivity contribution is 5.92. The Bertz CT molecular complexity index is 954. The van der Waals surface area contributed by atoms with Crippen LogP contribution >= 0.6 is 0 Å². The molecule has 0 bridgehead atoms. The first-order valence-corrected chi connectivity index (χ1v) is 12.3. The van der Waals surface area contributed by atoms with E-state index in [1.165, 1.54) is 48.9 Å². The molecule has 0 N–H and O–H groups in total. The zero-order valence-corrected chi connectivity index (χ0v) is 19.4. The highest BCUT2D eigenvalue weighted by Gasteiger charge is 2.29. The Balaban J connectivity index is 1.22. The highest BCUT2D eigenvalue weighted by atomic mass is 16.5. The summed E-state index contributed by atoms with van der Waals surface area (Å²) in [7, 11) is 1.92. The van der Waals surface area contributed by atoms with Crippen molar-refractivity contribution in [2.24, 2.45) is 5.92 Å². The van der Waals surface area contributed by atoms with Gasteiger partial charge in [-0.05, 0) is 92.8 Å². The highest BCUT2D eigenvalue weighted by Crippen LogP contribution is 2.34. The van der Waals surface area contributed by atoms with Gasteiger partial charge in [-0.1, -0.05) is 25.1 Å². The summed E-state index contributed by atoms with van der Waals surface area (Å²) in [5.41, 5.74) is 4.83. The Morgan fingerprint density at radius 1 is 1.16 bits per heavy atom. The van der Waals surface area contributed by atoms with Crippen molar-refractivity contribution in [2.45, 2.75) is 64.0 Å². The molecular formula is C27H35N3O2. The smallest absolute Gasteiger partial charge is 0.272 e. The molecule has 2 fully saturated rings. The van der Waals surface area contributed by atoms with Crippen LogP contribution in [0.5, 0.6) is 5.75 Å². The number of pyridine rings is 1. The first kappa shape index (κ1) is 21.4. The third-order valence-electron chi connectivity index (χ3n) is 7.59. The lowest BCUT2D eigenvalue weighted by Crippen LogP contribution is -2.41. The lowest BCUT2D eigenvalue weighted by Gasteiger charge is -2.33. The van der Waals surface area contributed by atoms with Crippen molar-refractivity contribution in [2.75, 3.05) is 26.7 Å². The van der Waals surface area contributed by atoms with Crippen molar-refractivity contribution >= 4 is 5.91 Å². The first-order valence-electron chi connectivity index (χ1n) is 12.3. The fourth-order valence-electron chi connectivity index (χ4n) is 5.31. The number of nitrogens with zero attached hydrogens (tertiary/aromatic N) is 3. The van der Waals surface area contributed by atoms with Crippen LogP contribution in [-0.2, 0) is 12.8 Å². The van der Waals surface area contributed by atoms with E-state index >= 15 is 0 Å². The standard InChI is InChI=1S/C27H35N3O2/c1-3-30-14-4-5-26(30)22-9-8-21-16-23(11-10-20(21)15-22)29(2)27(31)25-13-12-24(17-28-25)32-18-19-6-7-19/h8-9,12-13,15,17,19,23,26H,3-7,10-11,14,16,18H2,1-2H3. The second-order valence-electron chi connectivity index (χ2n) is 9.76. The summed E-state index contributed by atoms with van der Waals surface area (Å²) in [5, 5.41) is 0. The average Bonchev–Trinajstić information content (AvgIpc) is 3.55. The zero-order valence-electron chi connectivity index (χ0n) is 19.4. The predicted octanol–water partition coefficient (Wildman–Crippen LogP) is 4.66. The van der Waals surface area contributed by atoms with Crippen molar-refractivity contribution < 1.29 is 9.53 Å². The summed E-state index contributed by atoms with van der Waals surface area (Å²) in [4.78, 5) is 21.9. The summed E-state index contributed by atoms with van der Waals surface area (Å²) in [6, 6.07) is 11.5. The molecule has 3 aliphatic rings. The second-order valence-corrected chi connectivity index (χ2v) is 9.76. The minimum Gasteiger partial charge on any atom is -0.492 e. The number of benzene rings is 1. The van der Waals surface area contributed by atoms with Gasteiger partial charge in [-0.3, -0.25) is 9.69 Å². The monoisotopic (exact) mass is 433 g/mol.